The van der Waals surface area contributed by atoms with Gasteiger partial charge >= 0.3 is 0 Å². The molecule has 0 atom stereocenters. The van der Waals surface area contributed by atoms with Crippen molar-refractivity contribution in [1.29, 1.82) is 0 Å². The number of sulfonamides is 1. The highest BCUT2D eigenvalue weighted by atomic mass is 32.2. The molecule has 1 saturated heterocycles. The molecule has 1 aromatic carbocycles. The molecule has 2 fully saturated rings. The molecular formula is C27H39N7O3S. The van der Waals surface area contributed by atoms with Gasteiger partial charge in [0, 0.05) is 24.8 Å². The van der Waals surface area contributed by atoms with Crippen LogP contribution in [0.5, 0.6) is 0 Å². The molecule has 38 heavy (non-hydrogen) atoms. The van der Waals surface area contributed by atoms with E-state index in [1.165, 1.54) is 0 Å². The van der Waals surface area contributed by atoms with E-state index in [0.717, 1.165) is 93.3 Å². The topological polar surface area (TPSA) is 134 Å². The Bertz CT molecular complexity index is 1310. The molecule has 0 unspecified atom stereocenters. The number of hydrogen-bond acceptors (Lipinski definition) is 8. The second-order valence-electron chi connectivity index (χ2n) is 10.5. The maximum atomic E-state index is 12.9. The predicted octanol–water partition coefficient (Wildman–Crippen LogP) is 3.46. The van der Waals surface area contributed by atoms with Crippen LogP contribution in [0.15, 0.2) is 35.4 Å². The van der Waals surface area contributed by atoms with Crippen LogP contribution in [-0.4, -0.2) is 65.6 Å². The van der Waals surface area contributed by atoms with Crippen molar-refractivity contribution in [1.82, 2.24) is 29.8 Å². The van der Waals surface area contributed by atoms with E-state index in [1.54, 1.807) is 18.3 Å². The average molecular weight is 542 g/mol. The number of hydrogen-bond donors (Lipinski definition) is 4. The Kier molecular flexibility index (Phi) is 8.57. The largest absolute Gasteiger partial charge is 0.393 e. The maximum absolute atomic E-state index is 12.9. The van der Waals surface area contributed by atoms with Crippen LogP contribution in [0.25, 0.3) is 22.3 Å². The summed E-state index contributed by atoms with van der Waals surface area (Å²) in [4.78, 5) is 9.60. The highest BCUT2D eigenvalue weighted by Crippen LogP contribution is 2.34. The Hall–Kier alpha value is -2.60. The van der Waals surface area contributed by atoms with Gasteiger partial charge in [-0.15, -0.1) is 0 Å². The van der Waals surface area contributed by atoms with Gasteiger partial charge in [-0.05, 0) is 76.1 Å². The van der Waals surface area contributed by atoms with Gasteiger partial charge in [-0.3, -0.25) is 0 Å². The Morgan fingerprint density at radius 1 is 1.08 bits per heavy atom. The summed E-state index contributed by atoms with van der Waals surface area (Å²) in [6.07, 6.45) is 8.78. The Labute approximate surface area is 224 Å². The van der Waals surface area contributed by atoms with Crippen LogP contribution in [0.2, 0.25) is 0 Å². The molecule has 0 radical (unpaired) electrons. The van der Waals surface area contributed by atoms with Gasteiger partial charge in [0.1, 0.15) is 5.69 Å². The number of aliphatic hydroxyl groups is 1. The molecule has 2 aromatic heterocycles. The van der Waals surface area contributed by atoms with E-state index in [1.807, 2.05) is 16.8 Å². The minimum atomic E-state index is -3.59. The zero-order chi connectivity index (χ0) is 26.5. The van der Waals surface area contributed by atoms with E-state index in [0.29, 0.717) is 18.4 Å². The zero-order valence-electron chi connectivity index (χ0n) is 22.1. The first-order valence-electron chi connectivity index (χ1n) is 13.9. The molecule has 2 aliphatic rings. The van der Waals surface area contributed by atoms with E-state index >= 15 is 0 Å². The van der Waals surface area contributed by atoms with Crippen LogP contribution in [0, 0.1) is 5.92 Å². The third-order valence-electron chi connectivity index (χ3n) is 7.73. The van der Waals surface area contributed by atoms with Crippen molar-refractivity contribution in [3.63, 3.8) is 0 Å². The standard InChI is InChI=1S/C27H39N7O3S/c1-2-3-14-29-27-30-18-24-25(33-34(26(24)32-27)21-6-8-22(35)9-7-21)20-4-10-23(11-5-20)38(36,37)31-17-19-12-15-28-16-13-19/h4-5,10-11,18-19,21-22,28,31,35H,2-3,6-9,12-17H2,1H3,(H,29,30,32)/t21-,22-. The van der Waals surface area contributed by atoms with Crippen molar-refractivity contribution in [2.75, 3.05) is 31.5 Å². The van der Waals surface area contributed by atoms with Gasteiger partial charge in [-0.1, -0.05) is 25.5 Å². The summed E-state index contributed by atoms with van der Waals surface area (Å²) in [5, 5.41) is 22.4. The average Bonchev–Trinajstić information content (AvgIpc) is 3.32. The monoisotopic (exact) mass is 541 g/mol. The fraction of sp³-hybridized carbons (Fsp3) is 0.593. The number of nitrogens with zero attached hydrogens (tertiary/aromatic N) is 4. The second-order valence-corrected chi connectivity index (χ2v) is 12.3. The van der Waals surface area contributed by atoms with E-state index in [2.05, 4.69) is 27.3 Å². The molecule has 1 aliphatic carbocycles. The summed E-state index contributed by atoms with van der Waals surface area (Å²) in [6, 6.07) is 7.05. The molecule has 0 amide bonds. The summed E-state index contributed by atoms with van der Waals surface area (Å²) < 4.78 is 30.6. The van der Waals surface area contributed by atoms with Crippen molar-refractivity contribution in [3.8, 4) is 11.3 Å². The zero-order valence-corrected chi connectivity index (χ0v) is 22.9. The van der Waals surface area contributed by atoms with Crippen molar-refractivity contribution >= 4 is 27.0 Å². The van der Waals surface area contributed by atoms with Crippen LogP contribution < -0.4 is 15.4 Å². The first-order valence-corrected chi connectivity index (χ1v) is 15.4. The van der Waals surface area contributed by atoms with E-state index in [-0.39, 0.29) is 17.0 Å². The predicted molar refractivity (Wildman–Crippen MR) is 148 cm³/mol. The van der Waals surface area contributed by atoms with Crippen molar-refractivity contribution in [2.45, 2.75) is 75.3 Å². The highest BCUT2D eigenvalue weighted by molar-refractivity contribution is 7.89. The lowest BCUT2D eigenvalue weighted by molar-refractivity contribution is 0.109. The Morgan fingerprint density at radius 2 is 1.82 bits per heavy atom. The Balaban J connectivity index is 1.41. The summed E-state index contributed by atoms with van der Waals surface area (Å²) in [5.41, 5.74) is 2.31. The Morgan fingerprint density at radius 3 is 2.53 bits per heavy atom. The molecule has 3 heterocycles. The molecule has 5 rings (SSSR count). The first kappa shape index (κ1) is 27.0. The number of rotatable bonds is 10. The molecule has 10 nitrogen and oxygen atoms in total. The van der Waals surface area contributed by atoms with Gasteiger partial charge in [-0.25, -0.2) is 22.8 Å². The molecule has 11 heteroatoms. The third kappa shape index (κ3) is 6.17. The van der Waals surface area contributed by atoms with Gasteiger partial charge in [0.15, 0.2) is 5.65 Å². The number of unbranched alkanes of at least 4 members (excludes halogenated alkanes) is 1. The second kappa shape index (κ2) is 12.1. The third-order valence-corrected chi connectivity index (χ3v) is 9.17. The maximum Gasteiger partial charge on any atom is 0.240 e. The minimum absolute atomic E-state index is 0.145. The lowest BCUT2D eigenvalue weighted by atomic mass is 9.93. The summed E-state index contributed by atoms with van der Waals surface area (Å²) in [5.74, 6) is 0.943. The fourth-order valence-corrected chi connectivity index (χ4v) is 6.46. The van der Waals surface area contributed by atoms with Crippen LogP contribution in [0.3, 0.4) is 0 Å². The summed E-state index contributed by atoms with van der Waals surface area (Å²) in [7, 11) is -3.59. The van der Waals surface area contributed by atoms with Gasteiger partial charge in [-0.2, -0.15) is 10.1 Å². The lowest BCUT2D eigenvalue weighted by Crippen LogP contribution is -2.35. The molecule has 1 aliphatic heterocycles. The molecular weight excluding hydrogens is 502 g/mol. The van der Waals surface area contributed by atoms with E-state index in [4.69, 9.17) is 10.1 Å². The molecule has 4 N–H and O–H groups in total. The number of aromatic nitrogens is 4. The van der Waals surface area contributed by atoms with Crippen LogP contribution in [0.4, 0.5) is 5.95 Å². The molecule has 3 aromatic rings. The lowest BCUT2D eigenvalue weighted by Gasteiger charge is -2.25. The highest BCUT2D eigenvalue weighted by Gasteiger charge is 2.26. The summed E-state index contributed by atoms with van der Waals surface area (Å²) >= 11 is 0. The van der Waals surface area contributed by atoms with Gasteiger partial charge in [0.25, 0.3) is 0 Å². The van der Waals surface area contributed by atoms with Crippen LogP contribution >= 0.6 is 0 Å². The van der Waals surface area contributed by atoms with Gasteiger partial charge in [0.2, 0.25) is 16.0 Å². The number of anilines is 1. The van der Waals surface area contributed by atoms with Crippen molar-refractivity contribution < 1.29 is 13.5 Å². The SMILES string of the molecule is CCCCNc1ncc2c(-c3ccc(S(=O)(=O)NCC4CCNCC4)cc3)nn([C@H]3CC[C@H](O)CC3)c2n1. The molecule has 0 bridgehead atoms. The molecule has 1 saturated carbocycles. The van der Waals surface area contributed by atoms with Crippen molar-refractivity contribution in [3.05, 3.63) is 30.5 Å². The number of benzene rings is 1. The van der Waals surface area contributed by atoms with Crippen LogP contribution in [0.1, 0.15) is 64.3 Å². The number of piperidine rings is 1. The molecule has 0 spiro atoms. The number of nitrogens with one attached hydrogen (secondary N) is 3. The van der Waals surface area contributed by atoms with Gasteiger partial charge in [0.05, 0.1) is 22.4 Å². The first-order chi connectivity index (χ1) is 18.4. The number of fused-ring (bicyclic) bond motifs is 1. The van der Waals surface area contributed by atoms with Crippen LogP contribution in [-0.2, 0) is 10.0 Å². The van der Waals surface area contributed by atoms with Gasteiger partial charge < -0.3 is 15.7 Å². The molecule has 206 valence electrons. The van der Waals surface area contributed by atoms with E-state index in [9.17, 15) is 13.5 Å². The normalized spacial score (nSPS) is 21.1. The minimum Gasteiger partial charge on any atom is -0.393 e. The fourth-order valence-electron chi connectivity index (χ4n) is 5.34. The smallest absolute Gasteiger partial charge is 0.240 e. The number of aliphatic hydroxyl groups excluding tert-OH is 1. The quantitative estimate of drug-likeness (QED) is 0.287. The summed E-state index contributed by atoms with van der Waals surface area (Å²) in [6.45, 7) is 5.28. The van der Waals surface area contributed by atoms with Crippen molar-refractivity contribution in [2.24, 2.45) is 5.92 Å². The van der Waals surface area contributed by atoms with E-state index < -0.39 is 10.0 Å².